The second-order valence-electron chi connectivity index (χ2n) is 4.65. The summed E-state index contributed by atoms with van der Waals surface area (Å²) in [6.45, 7) is 0. The molecule has 1 nitrogen and oxygen atoms in total. The quantitative estimate of drug-likeness (QED) is 0.314. The largest absolute Gasteiger partial charge is 0.254 e. The van der Waals surface area contributed by atoms with Crippen LogP contribution in [0.15, 0.2) is 60.8 Å². The molecule has 0 aliphatic carbocycles. The van der Waals surface area contributed by atoms with E-state index in [9.17, 15) is 0 Å². The maximum absolute atomic E-state index is 4.61. The highest BCUT2D eigenvalue weighted by molar-refractivity contribution is 14.1. The fourth-order valence-corrected chi connectivity index (χ4v) is 3.32. The molecule has 0 saturated heterocycles. The van der Waals surface area contributed by atoms with Gasteiger partial charge in [-0.2, -0.15) is 0 Å². The lowest BCUT2D eigenvalue weighted by atomic mass is 10.00. The van der Waals surface area contributed by atoms with E-state index in [1.807, 2.05) is 6.20 Å². The van der Waals surface area contributed by atoms with Gasteiger partial charge in [0, 0.05) is 25.9 Å². The summed E-state index contributed by atoms with van der Waals surface area (Å²) in [5, 5.41) is 6.33. The molecule has 2 heteroatoms. The Morgan fingerprint density at radius 3 is 2.47 bits per heavy atom. The zero-order chi connectivity index (χ0) is 12.8. The fraction of sp³-hybridized carbons (Fsp3) is 0. The Kier molecular flexibility index (Phi) is 2.45. The van der Waals surface area contributed by atoms with Gasteiger partial charge in [-0.25, -0.2) is 0 Å². The van der Waals surface area contributed by atoms with Gasteiger partial charge < -0.3 is 0 Å². The summed E-state index contributed by atoms with van der Waals surface area (Å²) < 4.78 is 1.20. The molecule has 0 aliphatic rings. The van der Waals surface area contributed by atoms with E-state index in [2.05, 4.69) is 82.2 Å². The lowest BCUT2D eigenvalue weighted by molar-refractivity contribution is 1.43. The van der Waals surface area contributed by atoms with E-state index in [0.717, 1.165) is 5.52 Å². The minimum Gasteiger partial charge on any atom is -0.254 e. The number of hydrogen-bond acceptors (Lipinski definition) is 1. The van der Waals surface area contributed by atoms with Crippen LogP contribution in [0.3, 0.4) is 0 Å². The van der Waals surface area contributed by atoms with Gasteiger partial charge in [0.05, 0.1) is 5.52 Å². The maximum Gasteiger partial charge on any atom is 0.0841 e. The summed E-state index contributed by atoms with van der Waals surface area (Å²) in [4.78, 5) is 4.61. The summed E-state index contributed by atoms with van der Waals surface area (Å²) in [7, 11) is 0. The van der Waals surface area contributed by atoms with E-state index in [4.69, 9.17) is 0 Å². The molecule has 0 fully saturated rings. The monoisotopic (exact) mass is 355 g/mol. The molecule has 1 aromatic heterocycles. The van der Waals surface area contributed by atoms with Gasteiger partial charge in [-0.05, 0) is 39.4 Å². The molecule has 19 heavy (non-hydrogen) atoms. The third kappa shape index (κ3) is 1.63. The second kappa shape index (κ2) is 4.17. The molecule has 0 saturated carbocycles. The van der Waals surface area contributed by atoms with Crippen LogP contribution in [-0.2, 0) is 0 Å². The van der Waals surface area contributed by atoms with Crippen molar-refractivity contribution in [1.82, 2.24) is 4.98 Å². The van der Waals surface area contributed by atoms with Crippen molar-refractivity contribution >= 4 is 55.0 Å². The highest BCUT2D eigenvalue weighted by Gasteiger charge is 2.07. The molecule has 0 radical (unpaired) electrons. The second-order valence-corrected chi connectivity index (χ2v) is 5.81. The molecule has 4 aromatic rings. The number of rotatable bonds is 0. The standard InChI is InChI=1S/C17H10IN/c18-15-7-3-6-14-16-12(10-19-17(14)15)9-8-11-4-1-2-5-13(11)16/h1-10H. The predicted octanol–water partition coefficient (Wildman–Crippen LogP) is 5.15. The molecule has 90 valence electrons. The Bertz CT molecular complexity index is 928. The number of nitrogens with zero attached hydrogens (tertiary/aromatic N) is 1. The summed E-state index contributed by atoms with van der Waals surface area (Å²) in [5.74, 6) is 0. The number of benzene rings is 3. The van der Waals surface area contributed by atoms with Gasteiger partial charge in [0.15, 0.2) is 0 Å². The van der Waals surface area contributed by atoms with E-state index in [-0.39, 0.29) is 0 Å². The van der Waals surface area contributed by atoms with Crippen LogP contribution >= 0.6 is 22.6 Å². The van der Waals surface area contributed by atoms with Crippen LogP contribution in [0.5, 0.6) is 0 Å². The summed E-state index contributed by atoms with van der Waals surface area (Å²) in [5.41, 5.74) is 1.09. The predicted molar refractivity (Wildman–Crippen MR) is 89.5 cm³/mol. The van der Waals surface area contributed by atoms with Crippen LogP contribution in [0.4, 0.5) is 0 Å². The summed E-state index contributed by atoms with van der Waals surface area (Å²) in [6.07, 6.45) is 1.98. The molecular formula is C17H10IN. The van der Waals surface area contributed by atoms with Crippen LogP contribution < -0.4 is 0 Å². The first-order chi connectivity index (χ1) is 9.34. The lowest BCUT2D eigenvalue weighted by Crippen LogP contribution is -1.86. The molecule has 0 aliphatic heterocycles. The molecule has 3 aromatic carbocycles. The minimum absolute atomic E-state index is 1.09. The number of halogens is 1. The van der Waals surface area contributed by atoms with Gasteiger partial charge in [0.1, 0.15) is 0 Å². The lowest BCUT2D eigenvalue weighted by Gasteiger charge is -2.08. The SMILES string of the molecule is Ic1cccc2c1ncc1ccc3ccccc3c12. The van der Waals surface area contributed by atoms with E-state index < -0.39 is 0 Å². The number of fused-ring (bicyclic) bond motifs is 5. The van der Waals surface area contributed by atoms with Gasteiger partial charge in [0.2, 0.25) is 0 Å². The fourth-order valence-electron chi connectivity index (χ4n) is 2.68. The van der Waals surface area contributed by atoms with Gasteiger partial charge in [-0.3, -0.25) is 4.98 Å². The summed E-state index contributed by atoms with van der Waals surface area (Å²) in [6, 6.07) is 19.2. The highest BCUT2D eigenvalue weighted by atomic mass is 127. The van der Waals surface area contributed by atoms with Crippen molar-refractivity contribution in [2.45, 2.75) is 0 Å². The molecular weight excluding hydrogens is 345 g/mol. The molecule has 0 bridgehead atoms. The number of hydrogen-bond donors (Lipinski definition) is 0. The van der Waals surface area contributed by atoms with Crippen molar-refractivity contribution in [3.8, 4) is 0 Å². The Balaban J connectivity index is 2.37. The van der Waals surface area contributed by atoms with E-state index in [1.54, 1.807) is 0 Å². The number of para-hydroxylation sites is 1. The molecule has 0 spiro atoms. The maximum atomic E-state index is 4.61. The van der Waals surface area contributed by atoms with Gasteiger partial charge in [-0.1, -0.05) is 48.5 Å². The molecule has 0 N–H and O–H groups in total. The van der Waals surface area contributed by atoms with Crippen LogP contribution in [0.2, 0.25) is 0 Å². The first-order valence-electron chi connectivity index (χ1n) is 6.19. The van der Waals surface area contributed by atoms with E-state index >= 15 is 0 Å². The van der Waals surface area contributed by atoms with Gasteiger partial charge in [0.25, 0.3) is 0 Å². The Morgan fingerprint density at radius 1 is 0.737 bits per heavy atom. The van der Waals surface area contributed by atoms with Crippen molar-refractivity contribution in [2.75, 3.05) is 0 Å². The Hall–Kier alpha value is -1.68. The summed E-state index contributed by atoms with van der Waals surface area (Å²) >= 11 is 2.35. The van der Waals surface area contributed by atoms with Crippen LogP contribution in [0.1, 0.15) is 0 Å². The molecule has 0 unspecified atom stereocenters. The van der Waals surface area contributed by atoms with Crippen LogP contribution in [0.25, 0.3) is 32.4 Å². The van der Waals surface area contributed by atoms with Gasteiger partial charge >= 0.3 is 0 Å². The smallest absolute Gasteiger partial charge is 0.0841 e. The first-order valence-corrected chi connectivity index (χ1v) is 7.27. The van der Waals surface area contributed by atoms with Crippen LogP contribution in [-0.4, -0.2) is 4.98 Å². The topological polar surface area (TPSA) is 12.9 Å². The van der Waals surface area contributed by atoms with Crippen molar-refractivity contribution < 1.29 is 0 Å². The molecule has 4 rings (SSSR count). The van der Waals surface area contributed by atoms with E-state index in [0.29, 0.717) is 0 Å². The molecule has 0 amide bonds. The van der Waals surface area contributed by atoms with Gasteiger partial charge in [-0.15, -0.1) is 0 Å². The third-order valence-corrected chi connectivity index (χ3v) is 4.42. The van der Waals surface area contributed by atoms with Crippen LogP contribution in [0, 0.1) is 3.57 Å². The first kappa shape index (κ1) is 11.2. The average Bonchev–Trinajstić information content (AvgIpc) is 2.47. The Labute approximate surface area is 124 Å². The normalized spacial score (nSPS) is 11.4. The van der Waals surface area contributed by atoms with E-state index in [1.165, 1.54) is 30.5 Å². The Morgan fingerprint density at radius 2 is 1.53 bits per heavy atom. The van der Waals surface area contributed by atoms with Crippen molar-refractivity contribution in [2.24, 2.45) is 0 Å². The number of aromatic nitrogens is 1. The highest BCUT2D eigenvalue weighted by Crippen LogP contribution is 2.32. The third-order valence-electron chi connectivity index (χ3n) is 3.55. The minimum atomic E-state index is 1.09. The zero-order valence-electron chi connectivity index (χ0n) is 10.1. The van der Waals surface area contributed by atoms with Crippen molar-refractivity contribution in [1.29, 1.82) is 0 Å². The molecule has 0 atom stereocenters. The van der Waals surface area contributed by atoms with Crippen molar-refractivity contribution in [3.05, 3.63) is 64.4 Å². The average molecular weight is 355 g/mol. The zero-order valence-corrected chi connectivity index (χ0v) is 12.3. The van der Waals surface area contributed by atoms with Crippen molar-refractivity contribution in [3.63, 3.8) is 0 Å². The molecule has 1 heterocycles. The number of pyridine rings is 1.